The van der Waals surface area contributed by atoms with Crippen molar-refractivity contribution >= 4 is 46.3 Å². The molecule has 4 aliphatic carbocycles. The second-order valence-corrected chi connectivity index (χ2v) is 10.5. The maximum Gasteiger partial charge on any atom is 0.317 e. The number of carbonyl (C=O) groups is 4. The van der Waals surface area contributed by atoms with E-state index < -0.39 is 57.7 Å². The van der Waals surface area contributed by atoms with Crippen molar-refractivity contribution in [1.82, 2.24) is 0 Å². The second-order valence-electron chi connectivity index (χ2n) is 9.72. The summed E-state index contributed by atoms with van der Waals surface area (Å²) in [4.78, 5) is 50.5. The van der Waals surface area contributed by atoms with Crippen LogP contribution in [0.1, 0.15) is 39.5 Å². The number of halogens is 1. The Labute approximate surface area is 181 Å². The molecule has 0 unspecified atom stereocenters. The fraction of sp³-hybridized carbons (Fsp3) is 0.714. The molecule has 1 N–H and O–H groups in total. The van der Waals surface area contributed by atoms with Gasteiger partial charge >= 0.3 is 17.9 Å². The van der Waals surface area contributed by atoms with Gasteiger partial charge in [-0.15, -0.1) is 0 Å². The molecule has 0 aromatic rings. The maximum atomic E-state index is 13.1. The summed E-state index contributed by atoms with van der Waals surface area (Å²) in [5.74, 6) is -3.70. The van der Waals surface area contributed by atoms with Crippen LogP contribution < -0.4 is 0 Å². The molecule has 0 radical (unpaired) electrons. The van der Waals surface area contributed by atoms with E-state index in [2.05, 4.69) is 22.6 Å². The van der Waals surface area contributed by atoms with E-state index in [1.54, 1.807) is 19.1 Å². The number of carbonyl (C=O) groups excluding carboxylic acids is 3. The first-order valence-corrected chi connectivity index (χ1v) is 11.5. The van der Waals surface area contributed by atoms with E-state index in [1.807, 2.05) is 0 Å². The van der Waals surface area contributed by atoms with Crippen molar-refractivity contribution in [2.75, 3.05) is 4.43 Å². The van der Waals surface area contributed by atoms with Gasteiger partial charge in [-0.2, -0.15) is 0 Å². The van der Waals surface area contributed by atoms with Gasteiger partial charge in [-0.3, -0.25) is 19.2 Å². The lowest BCUT2D eigenvalue weighted by Gasteiger charge is -2.45. The Balaban J connectivity index is 1.72. The Hall–Kier alpha value is -1.45. The van der Waals surface area contributed by atoms with Crippen molar-refractivity contribution in [3.63, 3.8) is 0 Å². The normalized spacial score (nSPS) is 51.4. The van der Waals surface area contributed by atoms with Gasteiger partial charge in [-0.1, -0.05) is 22.6 Å². The molecule has 1 aliphatic heterocycles. The van der Waals surface area contributed by atoms with Crippen molar-refractivity contribution in [3.05, 3.63) is 12.2 Å². The van der Waals surface area contributed by atoms with Gasteiger partial charge in [0.1, 0.15) is 22.9 Å². The van der Waals surface area contributed by atoms with Crippen LogP contribution in [0.4, 0.5) is 0 Å². The predicted octanol–water partition coefficient (Wildman–Crippen LogP) is 2.30. The van der Waals surface area contributed by atoms with Gasteiger partial charge in [-0.05, 0) is 43.8 Å². The first-order chi connectivity index (χ1) is 13.6. The Morgan fingerprint density at radius 3 is 2.72 bits per heavy atom. The van der Waals surface area contributed by atoms with Gasteiger partial charge in [0.15, 0.2) is 0 Å². The minimum Gasteiger partial charge on any atom is -0.481 e. The smallest absolute Gasteiger partial charge is 0.317 e. The largest absolute Gasteiger partial charge is 0.481 e. The molecule has 0 amide bonds. The van der Waals surface area contributed by atoms with Crippen LogP contribution in [0.3, 0.4) is 0 Å². The van der Waals surface area contributed by atoms with Gasteiger partial charge in [0.05, 0.1) is 5.92 Å². The number of esters is 2. The van der Waals surface area contributed by atoms with Gasteiger partial charge < -0.3 is 14.6 Å². The quantitative estimate of drug-likeness (QED) is 0.267. The highest BCUT2D eigenvalue weighted by Gasteiger charge is 2.84. The monoisotopic (exact) mass is 514 g/mol. The molecule has 5 aliphatic rings. The molecular formula is C21H23IO7. The summed E-state index contributed by atoms with van der Waals surface area (Å²) in [6.45, 7) is 2.93. The highest BCUT2D eigenvalue weighted by molar-refractivity contribution is 14.1. The average molecular weight is 514 g/mol. The number of ether oxygens (including phenoxy) is 2. The number of aliphatic carboxylic acids is 1. The lowest BCUT2D eigenvalue weighted by atomic mass is 9.60. The van der Waals surface area contributed by atoms with Crippen LogP contribution in [0, 0.1) is 34.0 Å². The summed E-state index contributed by atoms with van der Waals surface area (Å²) in [5.41, 5.74) is -3.53. The number of fused-ring (bicyclic) bond motifs is 1. The topological polar surface area (TPSA) is 107 Å². The maximum absolute atomic E-state index is 13.1. The standard InChI is InChI=1S/C21H23IO7/c1-10(23)28-13-4-6-21-11-3-5-19(9-22)8-20(11,7-12(19)24)14(16(25)26)15(21)18(13,2)17(27)29-21/h4,6,11,13-15H,3,5,7-9H2,1-2H3,(H,25,26)/t11-,13+,14-,15-,18+,19+,20+,21-/m1/s1. The number of rotatable bonds is 3. The van der Waals surface area contributed by atoms with E-state index >= 15 is 0 Å². The third kappa shape index (κ3) is 2.00. The summed E-state index contributed by atoms with van der Waals surface area (Å²) < 4.78 is 12.1. The van der Waals surface area contributed by atoms with Gasteiger partial charge in [-0.25, -0.2) is 0 Å². The van der Waals surface area contributed by atoms with Gasteiger partial charge in [0.2, 0.25) is 0 Å². The van der Waals surface area contributed by atoms with Crippen molar-refractivity contribution in [3.8, 4) is 0 Å². The van der Waals surface area contributed by atoms with E-state index in [9.17, 15) is 24.3 Å². The molecule has 0 aromatic heterocycles. The van der Waals surface area contributed by atoms with Gasteiger partial charge in [0.25, 0.3) is 0 Å². The fourth-order valence-electron chi connectivity index (χ4n) is 7.63. The number of hydrogen-bond donors (Lipinski definition) is 1. The van der Waals surface area contributed by atoms with E-state index in [1.165, 1.54) is 6.92 Å². The fourth-order valence-corrected chi connectivity index (χ4v) is 8.71. The Bertz CT molecular complexity index is 897. The van der Waals surface area contributed by atoms with Crippen LogP contribution in [0.25, 0.3) is 0 Å². The number of Topliss-reactive ketones (excluding diaryl/α,β-unsaturated/α-hetero) is 1. The summed E-state index contributed by atoms with van der Waals surface area (Å²) in [6.07, 6.45) is 4.68. The van der Waals surface area contributed by atoms with Crippen LogP contribution in [0.15, 0.2) is 12.2 Å². The van der Waals surface area contributed by atoms with E-state index in [-0.39, 0.29) is 18.1 Å². The van der Waals surface area contributed by atoms with Crippen LogP contribution >= 0.6 is 22.6 Å². The Morgan fingerprint density at radius 1 is 1.38 bits per heavy atom. The zero-order valence-corrected chi connectivity index (χ0v) is 18.4. The molecule has 4 fully saturated rings. The number of carboxylic acids is 1. The molecule has 29 heavy (non-hydrogen) atoms. The lowest BCUT2D eigenvalue weighted by molar-refractivity contribution is -0.166. The molecule has 4 bridgehead atoms. The molecule has 5 rings (SSSR count). The third-order valence-electron chi connectivity index (χ3n) is 8.63. The minimum absolute atomic E-state index is 0.142. The molecule has 156 valence electrons. The van der Waals surface area contributed by atoms with E-state index in [4.69, 9.17) is 9.47 Å². The van der Waals surface area contributed by atoms with Crippen LogP contribution in [0.5, 0.6) is 0 Å². The summed E-state index contributed by atoms with van der Waals surface area (Å²) >= 11 is 2.24. The van der Waals surface area contributed by atoms with Crippen molar-refractivity contribution in [2.24, 2.45) is 34.0 Å². The van der Waals surface area contributed by atoms with Crippen molar-refractivity contribution in [2.45, 2.75) is 51.2 Å². The predicted molar refractivity (Wildman–Crippen MR) is 107 cm³/mol. The summed E-state index contributed by atoms with van der Waals surface area (Å²) in [5, 5.41) is 10.4. The highest BCUT2D eigenvalue weighted by Crippen LogP contribution is 2.77. The molecule has 8 heteroatoms. The number of carboxylic acid groups (broad SMARTS) is 1. The molecule has 1 saturated heterocycles. The first-order valence-electron chi connectivity index (χ1n) is 9.99. The van der Waals surface area contributed by atoms with E-state index in [0.717, 1.165) is 0 Å². The number of alkyl halides is 1. The van der Waals surface area contributed by atoms with Crippen molar-refractivity contribution < 1.29 is 33.8 Å². The zero-order chi connectivity index (χ0) is 21.0. The molecule has 7 nitrogen and oxygen atoms in total. The second kappa shape index (κ2) is 5.62. The molecule has 8 atom stereocenters. The Kier molecular flexibility index (Phi) is 3.78. The minimum atomic E-state index is -1.28. The molecular weight excluding hydrogens is 491 g/mol. The van der Waals surface area contributed by atoms with Crippen LogP contribution in [0.2, 0.25) is 0 Å². The first kappa shape index (κ1) is 19.5. The average Bonchev–Trinajstić information content (AvgIpc) is 3.08. The summed E-state index contributed by atoms with van der Waals surface area (Å²) in [7, 11) is 0. The number of hydrogen-bond acceptors (Lipinski definition) is 6. The third-order valence-corrected chi connectivity index (χ3v) is 10.1. The zero-order valence-electron chi connectivity index (χ0n) is 16.3. The molecule has 1 heterocycles. The van der Waals surface area contributed by atoms with E-state index in [0.29, 0.717) is 23.7 Å². The van der Waals surface area contributed by atoms with Gasteiger partial charge in [0, 0.05) is 35.0 Å². The SMILES string of the molecule is CC(=O)O[C@H]1C=C[C@]23OC(=O)[C@]1(C)[C@H]2[C@H](C(=O)O)[C@]12CC(=O)[C@@](CI)(CC[C@H]13)C2. The number of ketones is 1. The molecule has 3 saturated carbocycles. The lowest BCUT2D eigenvalue weighted by Crippen LogP contribution is -2.52. The molecule has 1 spiro atoms. The Morgan fingerprint density at radius 2 is 2.10 bits per heavy atom. The molecule has 0 aromatic carbocycles. The van der Waals surface area contributed by atoms with Crippen LogP contribution in [-0.2, 0) is 28.7 Å². The van der Waals surface area contributed by atoms with Crippen molar-refractivity contribution in [1.29, 1.82) is 0 Å². The highest BCUT2D eigenvalue weighted by atomic mass is 127. The summed E-state index contributed by atoms with van der Waals surface area (Å²) in [6, 6.07) is 0. The van der Waals surface area contributed by atoms with Crippen LogP contribution in [-0.4, -0.2) is 44.9 Å².